The standard InChI is InChI=1S/C19H21F/c1-2-3-4-5-16-6-8-17(9-7-16)10-11-18-12-14-19(20)15-13-18/h4-9,12-15H,2-3,10-11H2,1H3/b5-4+. The smallest absolute Gasteiger partial charge is 0.123 e. The third-order valence-corrected chi connectivity index (χ3v) is 3.36. The molecule has 0 N–H and O–H groups in total. The zero-order valence-corrected chi connectivity index (χ0v) is 12.0. The first-order chi connectivity index (χ1) is 9.78. The van der Waals surface area contributed by atoms with Crippen LogP contribution >= 0.6 is 0 Å². The molecule has 104 valence electrons. The van der Waals surface area contributed by atoms with Gasteiger partial charge < -0.3 is 0 Å². The lowest BCUT2D eigenvalue weighted by Crippen LogP contribution is -1.91. The van der Waals surface area contributed by atoms with Crippen molar-refractivity contribution in [1.29, 1.82) is 0 Å². The summed E-state index contributed by atoms with van der Waals surface area (Å²) in [4.78, 5) is 0. The van der Waals surface area contributed by atoms with Crippen molar-refractivity contribution in [3.8, 4) is 0 Å². The highest BCUT2D eigenvalue weighted by molar-refractivity contribution is 5.49. The van der Waals surface area contributed by atoms with Crippen LogP contribution in [0.3, 0.4) is 0 Å². The minimum absolute atomic E-state index is 0.169. The van der Waals surface area contributed by atoms with Crippen molar-refractivity contribution >= 4 is 6.08 Å². The van der Waals surface area contributed by atoms with Crippen LogP contribution in [0.25, 0.3) is 6.08 Å². The third-order valence-electron chi connectivity index (χ3n) is 3.36. The van der Waals surface area contributed by atoms with E-state index >= 15 is 0 Å². The molecule has 0 saturated heterocycles. The second kappa shape index (κ2) is 7.64. The van der Waals surface area contributed by atoms with Crippen LogP contribution in [0.5, 0.6) is 0 Å². The first kappa shape index (κ1) is 14.5. The van der Waals surface area contributed by atoms with Gasteiger partial charge in [-0.2, -0.15) is 0 Å². The number of allylic oxidation sites excluding steroid dienone is 1. The lowest BCUT2D eigenvalue weighted by Gasteiger charge is -2.03. The van der Waals surface area contributed by atoms with Gasteiger partial charge >= 0.3 is 0 Å². The van der Waals surface area contributed by atoms with Gasteiger partial charge in [0.25, 0.3) is 0 Å². The molecule has 1 heteroatoms. The fraction of sp³-hybridized carbons (Fsp3) is 0.263. The normalized spacial score (nSPS) is 11.1. The van der Waals surface area contributed by atoms with E-state index in [0.29, 0.717) is 0 Å². The van der Waals surface area contributed by atoms with Gasteiger partial charge in [0.05, 0.1) is 0 Å². The molecule has 0 atom stereocenters. The van der Waals surface area contributed by atoms with Crippen LogP contribution < -0.4 is 0 Å². The Kier molecular flexibility index (Phi) is 5.55. The SMILES string of the molecule is CCC/C=C/c1ccc(CCc2ccc(F)cc2)cc1. The lowest BCUT2D eigenvalue weighted by molar-refractivity contribution is 0.627. The van der Waals surface area contributed by atoms with Crippen molar-refractivity contribution in [3.05, 3.63) is 77.1 Å². The Morgan fingerprint density at radius 2 is 1.40 bits per heavy atom. The fourth-order valence-corrected chi connectivity index (χ4v) is 2.12. The van der Waals surface area contributed by atoms with E-state index in [2.05, 4.69) is 43.3 Å². The van der Waals surface area contributed by atoms with Crippen LogP contribution in [0.15, 0.2) is 54.6 Å². The van der Waals surface area contributed by atoms with Crippen LogP contribution in [0.4, 0.5) is 4.39 Å². The molecule has 0 aliphatic rings. The van der Waals surface area contributed by atoms with Gasteiger partial charge in [-0.1, -0.05) is 61.9 Å². The molecule has 0 saturated carbocycles. The Balaban J connectivity index is 1.89. The third kappa shape index (κ3) is 4.65. The average molecular weight is 268 g/mol. The largest absolute Gasteiger partial charge is 0.207 e. The molecule has 0 spiro atoms. The molecule has 20 heavy (non-hydrogen) atoms. The van der Waals surface area contributed by atoms with E-state index in [0.717, 1.165) is 19.3 Å². The highest BCUT2D eigenvalue weighted by Gasteiger charge is 1.97. The Labute approximate surface area is 121 Å². The van der Waals surface area contributed by atoms with Crippen molar-refractivity contribution in [3.63, 3.8) is 0 Å². The summed E-state index contributed by atoms with van der Waals surface area (Å²) >= 11 is 0. The van der Waals surface area contributed by atoms with Crippen molar-refractivity contribution in [1.82, 2.24) is 0 Å². The average Bonchev–Trinajstić information content (AvgIpc) is 2.48. The van der Waals surface area contributed by atoms with E-state index in [4.69, 9.17) is 0 Å². The Bertz CT molecular complexity index is 535. The quantitative estimate of drug-likeness (QED) is 0.656. The molecule has 0 nitrogen and oxygen atoms in total. The van der Waals surface area contributed by atoms with E-state index in [1.807, 2.05) is 12.1 Å². The molecular formula is C19H21F. The maximum Gasteiger partial charge on any atom is 0.123 e. The topological polar surface area (TPSA) is 0 Å². The zero-order chi connectivity index (χ0) is 14.2. The Hall–Kier alpha value is -1.89. The summed E-state index contributed by atoms with van der Waals surface area (Å²) < 4.78 is 12.8. The second-order valence-corrected chi connectivity index (χ2v) is 5.06. The maximum atomic E-state index is 12.8. The zero-order valence-electron chi connectivity index (χ0n) is 12.0. The van der Waals surface area contributed by atoms with Crippen molar-refractivity contribution < 1.29 is 4.39 Å². The molecule has 0 radical (unpaired) electrons. The molecule has 2 aromatic rings. The maximum absolute atomic E-state index is 12.8. The van der Waals surface area contributed by atoms with E-state index < -0.39 is 0 Å². The second-order valence-electron chi connectivity index (χ2n) is 5.06. The molecule has 0 amide bonds. The predicted molar refractivity (Wildman–Crippen MR) is 84.2 cm³/mol. The van der Waals surface area contributed by atoms with Crippen molar-refractivity contribution in [2.45, 2.75) is 32.6 Å². The summed E-state index contributed by atoms with van der Waals surface area (Å²) in [5, 5.41) is 0. The number of hydrogen-bond donors (Lipinski definition) is 0. The molecule has 0 aliphatic carbocycles. The van der Waals surface area contributed by atoms with Gasteiger partial charge in [-0.05, 0) is 48.1 Å². The summed E-state index contributed by atoms with van der Waals surface area (Å²) in [6.45, 7) is 2.18. The Morgan fingerprint density at radius 1 is 0.850 bits per heavy atom. The first-order valence-electron chi connectivity index (χ1n) is 7.28. The van der Waals surface area contributed by atoms with Crippen molar-refractivity contribution in [2.75, 3.05) is 0 Å². The van der Waals surface area contributed by atoms with Gasteiger partial charge in [0.15, 0.2) is 0 Å². The minimum atomic E-state index is -0.169. The first-order valence-corrected chi connectivity index (χ1v) is 7.28. The minimum Gasteiger partial charge on any atom is -0.207 e. The highest BCUT2D eigenvalue weighted by Crippen LogP contribution is 2.11. The van der Waals surface area contributed by atoms with E-state index in [9.17, 15) is 4.39 Å². The highest BCUT2D eigenvalue weighted by atomic mass is 19.1. The number of unbranched alkanes of at least 4 members (excludes halogenated alkanes) is 1. The molecule has 0 unspecified atom stereocenters. The van der Waals surface area contributed by atoms with Crippen LogP contribution in [-0.2, 0) is 12.8 Å². The summed E-state index contributed by atoms with van der Waals surface area (Å²) in [5.74, 6) is -0.169. The summed E-state index contributed by atoms with van der Waals surface area (Å²) in [5.41, 5.74) is 3.75. The van der Waals surface area contributed by atoms with Crippen LogP contribution in [0, 0.1) is 5.82 Å². The van der Waals surface area contributed by atoms with Gasteiger partial charge in [0, 0.05) is 0 Å². The molecular weight excluding hydrogens is 247 g/mol. The van der Waals surface area contributed by atoms with Gasteiger partial charge in [0.1, 0.15) is 5.82 Å². The van der Waals surface area contributed by atoms with Crippen molar-refractivity contribution in [2.24, 2.45) is 0 Å². The van der Waals surface area contributed by atoms with Crippen LogP contribution in [-0.4, -0.2) is 0 Å². The molecule has 0 heterocycles. The van der Waals surface area contributed by atoms with Gasteiger partial charge in [-0.3, -0.25) is 0 Å². The number of halogens is 1. The number of aryl methyl sites for hydroxylation is 2. The number of benzene rings is 2. The van der Waals surface area contributed by atoms with E-state index in [-0.39, 0.29) is 5.82 Å². The number of rotatable bonds is 6. The van der Waals surface area contributed by atoms with E-state index in [1.165, 1.54) is 35.2 Å². The molecule has 0 aromatic heterocycles. The molecule has 0 bridgehead atoms. The summed E-state index contributed by atoms with van der Waals surface area (Å²) in [7, 11) is 0. The van der Waals surface area contributed by atoms with Gasteiger partial charge in [-0.25, -0.2) is 4.39 Å². The monoisotopic (exact) mass is 268 g/mol. The van der Waals surface area contributed by atoms with Crippen LogP contribution in [0.2, 0.25) is 0 Å². The molecule has 2 aromatic carbocycles. The Morgan fingerprint density at radius 3 is 1.95 bits per heavy atom. The van der Waals surface area contributed by atoms with E-state index in [1.54, 1.807) is 0 Å². The molecule has 0 aliphatic heterocycles. The van der Waals surface area contributed by atoms with Gasteiger partial charge in [-0.15, -0.1) is 0 Å². The summed E-state index contributed by atoms with van der Waals surface area (Å²) in [6, 6.07) is 15.4. The summed E-state index contributed by atoms with van der Waals surface area (Å²) in [6.07, 6.45) is 8.65. The van der Waals surface area contributed by atoms with Gasteiger partial charge in [0.2, 0.25) is 0 Å². The molecule has 0 fully saturated rings. The number of hydrogen-bond acceptors (Lipinski definition) is 0. The lowest BCUT2D eigenvalue weighted by atomic mass is 10.0. The molecule has 2 rings (SSSR count). The van der Waals surface area contributed by atoms with Crippen LogP contribution in [0.1, 0.15) is 36.5 Å². The predicted octanol–water partition coefficient (Wildman–Crippen LogP) is 5.42. The fourth-order valence-electron chi connectivity index (χ4n) is 2.12.